The lowest BCUT2D eigenvalue weighted by molar-refractivity contribution is 0.262. The number of rotatable bonds is 5. The highest BCUT2D eigenvalue weighted by Crippen LogP contribution is 2.39. The third kappa shape index (κ3) is 3.30. The van der Waals surface area contributed by atoms with Crippen LogP contribution >= 0.6 is 0 Å². The van der Waals surface area contributed by atoms with Crippen LogP contribution in [0.2, 0.25) is 0 Å². The van der Waals surface area contributed by atoms with Crippen molar-refractivity contribution in [3.8, 4) is 5.75 Å². The van der Waals surface area contributed by atoms with Gasteiger partial charge in [0.25, 0.3) is 0 Å². The molecule has 0 amide bonds. The van der Waals surface area contributed by atoms with E-state index in [0.29, 0.717) is 29.7 Å². The van der Waals surface area contributed by atoms with Gasteiger partial charge in [0.05, 0.1) is 11.1 Å². The predicted octanol–water partition coefficient (Wildman–Crippen LogP) is 4.81. The molecule has 0 radical (unpaired) electrons. The van der Waals surface area contributed by atoms with Crippen molar-refractivity contribution >= 4 is 12.6 Å². The minimum Gasteiger partial charge on any atom is -0.475 e. The Morgan fingerprint density at radius 1 is 1.38 bits per heavy atom. The van der Waals surface area contributed by atoms with Crippen LogP contribution < -0.4 is 4.84 Å². The molecule has 1 heterocycles. The number of oxime groups is 1. The quantitative estimate of drug-likeness (QED) is 0.573. The van der Waals surface area contributed by atoms with Crippen LogP contribution in [0.25, 0.3) is 0 Å². The Morgan fingerprint density at radius 2 is 2.12 bits per heavy atom. The molecule has 0 saturated heterocycles. The summed E-state index contributed by atoms with van der Waals surface area (Å²) in [6, 6.07) is 3.21. The summed E-state index contributed by atoms with van der Waals surface area (Å²) in [7, 11) is 0. The highest BCUT2D eigenvalue weighted by atomic mass is 19.1. The Bertz CT molecular complexity index is 653. The third-order valence-electron chi connectivity index (χ3n) is 5.18. The van der Waals surface area contributed by atoms with Gasteiger partial charge in [0.2, 0.25) is 5.90 Å². The van der Waals surface area contributed by atoms with Crippen LogP contribution in [0, 0.1) is 5.82 Å². The number of aliphatic imine (C=N–C) groups is 1. The van der Waals surface area contributed by atoms with Crippen molar-refractivity contribution in [2.24, 2.45) is 10.1 Å². The second kappa shape index (κ2) is 6.91. The lowest BCUT2D eigenvalue weighted by atomic mass is 9.81. The van der Waals surface area contributed by atoms with E-state index < -0.39 is 0 Å². The summed E-state index contributed by atoms with van der Waals surface area (Å²) in [5.74, 6) is 0.742. The molecule has 4 nitrogen and oxygen atoms in total. The molecule has 2 aliphatic rings. The topological polar surface area (TPSA) is 43.2 Å². The molecule has 5 heteroatoms. The third-order valence-corrected chi connectivity index (χ3v) is 5.18. The maximum atomic E-state index is 14.9. The van der Waals surface area contributed by atoms with Crippen LogP contribution in [0.4, 0.5) is 4.39 Å². The van der Waals surface area contributed by atoms with Gasteiger partial charge in [-0.05, 0) is 43.7 Å². The molecular weight excluding hydrogens is 307 g/mol. The van der Waals surface area contributed by atoms with Crippen LogP contribution in [0.5, 0.6) is 5.75 Å². The molecule has 1 aromatic carbocycles. The summed E-state index contributed by atoms with van der Waals surface area (Å²) < 4.78 is 20.7. The zero-order valence-corrected chi connectivity index (χ0v) is 14.5. The molecule has 0 N–H and O–H groups in total. The summed E-state index contributed by atoms with van der Waals surface area (Å²) in [6.07, 6.45) is 6.53. The Labute approximate surface area is 142 Å². The summed E-state index contributed by atoms with van der Waals surface area (Å²) in [6.45, 7) is 7.92. The van der Waals surface area contributed by atoms with Crippen molar-refractivity contribution < 1.29 is 14.0 Å². The van der Waals surface area contributed by atoms with Gasteiger partial charge < -0.3 is 9.57 Å². The van der Waals surface area contributed by atoms with E-state index in [1.807, 2.05) is 13.0 Å². The van der Waals surface area contributed by atoms with E-state index in [1.54, 1.807) is 0 Å². The van der Waals surface area contributed by atoms with Gasteiger partial charge in [0.15, 0.2) is 5.75 Å². The largest absolute Gasteiger partial charge is 0.475 e. The lowest BCUT2D eigenvalue weighted by Gasteiger charge is -2.24. The van der Waals surface area contributed by atoms with Crippen molar-refractivity contribution in [3.05, 3.63) is 29.1 Å². The Balaban J connectivity index is 2.06. The number of hydrogen-bond acceptors (Lipinski definition) is 4. The molecule has 1 fully saturated rings. The highest BCUT2D eigenvalue weighted by molar-refractivity contribution is 5.97. The number of halogens is 1. The van der Waals surface area contributed by atoms with Crippen LogP contribution in [0.3, 0.4) is 0 Å². The minimum absolute atomic E-state index is 0.274. The summed E-state index contributed by atoms with van der Waals surface area (Å²) in [4.78, 5) is 9.77. The SMILES string of the molecule is C=NOc1cc(F)c(C2=NC(C)(CC)CO2)c(C2CCCCC2)c1. The van der Waals surface area contributed by atoms with E-state index in [2.05, 4.69) is 23.8 Å². The molecule has 130 valence electrons. The standard InChI is InChI=1S/C19H25FN2O2/c1-4-19(2)12-23-18(22-19)17-15(13-8-6-5-7-9-13)10-14(24-21-3)11-16(17)20/h10-11,13H,3-9,12H2,1-2H3. The maximum absolute atomic E-state index is 14.9. The van der Waals surface area contributed by atoms with Gasteiger partial charge in [-0.15, -0.1) is 0 Å². The van der Waals surface area contributed by atoms with Gasteiger partial charge in [-0.3, -0.25) is 0 Å². The zero-order valence-electron chi connectivity index (χ0n) is 14.5. The minimum atomic E-state index is -0.365. The van der Waals surface area contributed by atoms with Crippen LogP contribution in [-0.2, 0) is 4.74 Å². The fourth-order valence-electron chi connectivity index (χ4n) is 3.53. The first-order chi connectivity index (χ1) is 11.6. The molecule has 0 bridgehead atoms. The van der Waals surface area contributed by atoms with Crippen LogP contribution in [-0.4, -0.2) is 24.8 Å². The molecule has 1 saturated carbocycles. The van der Waals surface area contributed by atoms with Crippen molar-refractivity contribution in [2.45, 2.75) is 63.8 Å². The predicted molar refractivity (Wildman–Crippen MR) is 93.6 cm³/mol. The van der Waals surface area contributed by atoms with E-state index >= 15 is 0 Å². The second-order valence-electron chi connectivity index (χ2n) is 6.98. The molecular formula is C19H25FN2O2. The Morgan fingerprint density at radius 3 is 2.75 bits per heavy atom. The lowest BCUT2D eigenvalue weighted by Crippen LogP contribution is -2.21. The monoisotopic (exact) mass is 332 g/mol. The first-order valence-corrected chi connectivity index (χ1v) is 8.76. The molecule has 0 aromatic heterocycles. The zero-order chi connectivity index (χ0) is 17.2. The van der Waals surface area contributed by atoms with Crippen molar-refractivity contribution in [1.82, 2.24) is 0 Å². The molecule has 1 unspecified atom stereocenters. The summed E-state index contributed by atoms with van der Waals surface area (Å²) >= 11 is 0. The molecule has 3 rings (SSSR count). The fourth-order valence-corrected chi connectivity index (χ4v) is 3.53. The number of nitrogens with zero attached hydrogens (tertiary/aromatic N) is 2. The van der Waals surface area contributed by atoms with Crippen molar-refractivity contribution in [3.63, 3.8) is 0 Å². The molecule has 1 atom stereocenters. The smallest absolute Gasteiger partial charge is 0.220 e. The van der Waals surface area contributed by atoms with Gasteiger partial charge in [0, 0.05) is 12.8 Å². The summed E-state index contributed by atoms with van der Waals surface area (Å²) in [5.41, 5.74) is 1.15. The van der Waals surface area contributed by atoms with Crippen molar-refractivity contribution in [1.29, 1.82) is 0 Å². The average molecular weight is 332 g/mol. The average Bonchev–Trinajstić information content (AvgIpc) is 2.98. The number of hydrogen-bond donors (Lipinski definition) is 0. The Kier molecular flexibility index (Phi) is 4.88. The van der Waals surface area contributed by atoms with E-state index in [9.17, 15) is 4.39 Å². The normalized spacial score (nSPS) is 24.4. The van der Waals surface area contributed by atoms with Gasteiger partial charge in [0.1, 0.15) is 12.4 Å². The fraction of sp³-hybridized carbons (Fsp3) is 0.579. The first-order valence-electron chi connectivity index (χ1n) is 8.76. The van der Waals surface area contributed by atoms with E-state index in [0.717, 1.165) is 37.7 Å². The summed E-state index contributed by atoms with van der Waals surface area (Å²) in [5, 5.41) is 3.42. The van der Waals surface area contributed by atoms with E-state index in [-0.39, 0.29) is 11.4 Å². The van der Waals surface area contributed by atoms with Crippen LogP contribution in [0.15, 0.2) is 22.3 Å². The molecule has 24 heavy (non-hydrogen) atoms. The number of benzene rings is 1. The van der Waals surface area contributed by atoms with Gasteiger partial charge in [-0.25, -0.2) is 9.38 Å². The molecule has 1 aromatic rings. The second-order valence-corrected chi connectivity index (χ2v) is 6.98. The molecule has 0 spiro atoms. The van der Waals surface area contributed by atoms with Crippen molar-refractivity contribution in [2.75, 3.05) is 6.61 Å². The van der Waals surface area contributed by atoms with E-state index in [4.69, 9.17) is 9.57 Å². The van der Waals surface area contributed by atoms with Gasteiger partial charge in [-0.2, -0.15) is 0 Å². The highest BCUT2D eigenvalue weighted by Gasteiger charge is 2.34. The van der Waals surface area contributed by atoms with Crippen LogP contribution in [0.1, 0.15) is 69.4 Å². The van der Waals surface area contributed by atoms with E-state index in [1.165, 1.54) is 12.5 Å². The Hall–Kier alpha value is -1.91. The molecule has 1 aliphatic heterocycles. The number of ether oxygens (including phenoxy) is 1. The first kappa shape index (κ1) is 16.9. The van der Waals surface area contributed by atoms with Gasteiger partial charge in [-0.1, -0.05) is 31.3 Å². The van der Waals surface area contributed by atoms with Gasteiger partial charge >= 0.3 is 0 Å². The molecule has 1 aliphatic carbocycles. The maximum Gasteiger partial charge on any atom is 0.220 e.